The number of rotatable bonds is 10. The first-order chi connectivity index (χ1) is 10.7. The van der Waals surface area contributed by atoms with E-state index in [1.165, 1.54) is 6.08 Å². The first-order valence-electron chi connectivity index (χ1n) is 7.84. The van der Waals surface area contributed by atoms with Crippen LogP contribution in [0.25, 0.3) is 0 Å². The Bertz CT molecular complexity index is 398. The highest BCUT2D eigenvalue weighted by atomic mass is 19.3. The monoisotopic (exact) mass is 336 g/mol. The van der Waals surface area contributed by atoms with Gasteiger partial charge in [0.15, 0.2) is 11.9 Å². The SMILES string of the molecule is C=CCOC(=O)C(F)(F)C(OCCCCC)C1COC(C)(C)O1. The number of unbranched alkanes of at least 4 members (excludes halogenated alkanes) is 2. The summed E-state index contributed by atoms with van der Waals surface area (Å²) in [5.41, 5.74) is 0. The lowest BCUT2D eigenvalue weighted by Crippen LogP contribution is -2.52. The van der Waals surface area contributed by atoms with Crippen molar-refractivity contribution in [2.75, 3.05) is 19.8 Å². The van der Waals surface area contributed by atoms with Gasteiger partial charge in [-0.05, 0) is 20.3 Å². The third-order valence-corrected chi connectivity index (χ3v) is 3.38. The molecule has 0 N–H and O–H groups in total. The zero-order valence-electron chi connectivity index (χ0n) is 14.0. The van der Waals surface area contributed by atoms with E-state index in [2.05, 4.69) is 11.3 Å². The Morgan fingerprint density at radius 2 is 2.17 bits per heavy atom. The Hall–Kier alpha value is -1.05. The fourth-order valence-corrected chi connectivity index (χ4v) is 2.22. The summed E-state index contributed by atoms with van der Waals surface area (Å²) >= 11 is 0. The number of alkyl halides is 2. The molecule has 2 unspecified atom stereocenters. The van der Waals surface area contributed by atoms with Crippen LogP contribution < -0.4 is 0 Å². The number of carbonyl (C=O) groups excluding carboxylic acids is 1. The quantitative estimate of drug-likeness (QED) is 0.349. The molecule has 1 saturated heterocycles. The zero-order valence-corrected chi connectivity index (χ0v) is 14.0. The van der Waals surface area contributed by atoms with Crippen molar-refractivity contribution in [1.82, 2.24) is 0 Å². The van der Waals surface area contributed by atoms with Crippen LogP contribution in [0.15, 0.2) is 12.7 Å². The van der Waals surface area contributed by atoms with Gasteiger partial charge in [0.1, 0.15) is 12.7 Å². The van der Waals surface area contributed by atoms with E-state index in [4.69, 9.17) is 14.2 Å². The summed E-state index contributed by atoms with van der Waals surface area (Å²) < 4.78 is 49.5. The fraction of sp³-hybridized carbons (Fsp3) is 0.812. The van der Waals surface area contributed by atoms with Gasteiger partial charge in [-0.3, -0.25) is 0 Å². The van der Waals surface area contributed by atoms with Gasteiger partial charge in [0.2, 0.25) is 0 Å². The predicted molar refractivity (Wildman–Crippen MR) is 80.3 cm³/mol. The normalized spacial score (nSPS) is 21.9. The van der Waals surface area contributed by atoms with Crippen molar-refractivity contribution in [2.24, 2.45) is 0 Å². The van der Waals surface area contributed by atoms with Crippen molar-refractivity contribution in [3.8, 4) is 0 Å². The van der Waals surface area contributed by atoms with Crippen LogP contribution in [0.1, 0.15) is 40.0 Å². The molecule has 0 amide bonds. The number of esters is 1. The molecule has 1 rings (SSSR count). The molecule has 0 aromatic carbocycles. The maximum absolute atomic E-state index is 14.4. The maximum Gasteiger partial charge on any atom is 0.380 e. The summed E-state index contributed by atoms with van der Waals surface area (Å²) in [5.74, 6) is -6.47. The highest BCUT2D eigenvalue weighted by Gasteiger charge is 2.56. The number of hydrogen-bond donors (Lipinski definition) is 0. The van der Waals surface area contributed by atoms with E-state index in [0.29, 0.717) is 6.42 Å². The van der Waals surface area contributed by atoms with Crippen molar-refractivity contribution in [2.45, 2.75) is 64.0 Å². The van der Waals surface area contributed by atoms with Gasteiger partial charge in [-0.15, -0.1) is 0 Å². The van der Waals surface area contributed by atoms with Crippen molar-refractivity contribution in [3.05, 3.63) is 12.7 Å². The minimum Gasteiger partial charge on any atom is -0.457 e. The van der Waals surface area contributed by atoms with Gasteiger partial charge in [0.05, 0.1) is 6.61 Å². The average molecular weight is 336 g/mol. The van der Waals surface area contributed by atoms with Gasteiger partial charge in [-0.1, -0.05) is 32.4 Å². The third kappa shape index (κ3) is 5.82. The van der Waals surface area contributed by atoms with Crippen LogP contribution in [-0.2, 0) is 23.7 Å². The van der Waals surface area contributed by atoms with Gasteiger partial charge in [-0.2, -0.15) is 8.78 Å². The van der Waals surface area contributed by atoms with E-state index in [1.54, 1.807) is 13.8 Å². The van der Waals surface area contributed by atoms with Gasteiger partial charge >= 0.3 is 11.9 Å². The Balaban J connectivity index is 2.80. The van der Waals surface area contributed by atoms with Crippen LogP contribution in [0.3, 0.4) is 0 Å². The zero-order chi connectivity index (χ0) is 17.5. The summed E-state index contributed by atoms with van der Waals surface area (Å²) in [6.45, 7) is 8.32. The van der Waals surface area contributed by atoms with Crippen LogP contribution >= 0.6 is 0 Å². The second-order valence-electron chi connectivity index (χ2n) is 5.88. The van der Waals surface area contributed by atoms with Crippen LogP contribution in [0.4, 0.5) is 8.78 Å². The Morgan fingerprint density at radius 3 is 2.70 bits per heavy atom. The standard InChI is InChI=1S/C16H26F2O5/c1-5-7-8-10-20-13(12-11-22-15(3,4)23-12)16(17,18)14(19)21-9-6-2/h6,12-13H,2,5,7-11H2,1,3-4H3. The molecular formula is C16H26F2O5. The maximum atomic E-state index is 14.4. The molecule has 0 aromatic heterocycles. The fourth-order valence-electron chi connectivity index (χ4n) is 2.22. The summed E-state index contributed by atoms with van der Waals surface area (Å²) in [5, 5.41) is 0. The highest BCUT2D eigenvalue weighted by molar-refractivity contribution is 5.78. The average Bonchev–Trinajstić information content (AvgIpc) is 2.84. The third-order valence-electron chi connectivity index (χ3n) is 3.38. The van der Waals surface area contributed by atoms with Gasteiger partial charge in [0, 0.05) is 6.61 Å². The predicted octanol–water partition coefficient (Wildman–Crippen LogP) is 3.08. The molecule has 0 aromatic rings. The molecule has 134 valence electrons. The number of hydrogen-bond acceptors (Lipinski definition) is 5. The molecule has 0 saturated carbocycles. The second-order valence-corrected chi connectivity index (χ2v) is 5.88. The van der Waals surface area contributed by atoms with Crippen molar-refractivity contribution < 1.29 is 32.5 Å². The van der Waals surface area contributed by atoms with E-state index >= 15 is 0 Å². The first-order valence-corrected chi connectivity index (χ1v) is 7.84. The second kappa shape index (κ2) is 8.70. The molecule has 0 aliphatic carbocycles. The van der Waals surface area contributed by atoms with Crippen LogP contribution in [0.5, 0.6) is 0 Å². The molecule has 0 spiro atoms. The molecule has 5 nitrogen and oxygen atoms in total. The molecule has 1 heterocycles. The van der Waals surface area contributed by atoms with Crippen molar-refractivity contribution >= 4 is 5.97 Å². The molecular weight excluding hydrogens is 310 g/mol. The van der Waals surface area contributed by atoms with E-state index in [-0.39, 0.29) is 19.8 Å². The lowest BCUT2D eigenvalue weighted by atomic mass is 10.1. The summed E-state index contributed by atoms with van der Waals surface area (Å²) in [7, 11) is 0. The van der Waals surface area contributed by atoms with E-state index in [1.807, 2.05) is 6.92 Å². The molecule has 23 heavy (non-hydrogen) atoms. The summed E-state index contributed by atoms with van der Waals surface area (Å²) in [4.78, 5) is 11.7. The van der Waals surface area contributed by atoms with E-state index in [9.17, 15) is 13.6 Å². The number of halogens is 2. The minimum atomic E-state index is -3.83. The van der Waals surface area contributed by atoms with E-state index < -0.39 is 29.9 Å². The van der Waals surface area contributed by atoms with Crippen LogP contribution in [0, 0.1) is 0 Å². The Morgan fingerprint density at radius 1 is 1.48 bits per heavy atom. The lowest BCUT2D eigenvalue weighted by Gasteiger charge is -2.29. The molecule has 1 aliphatic heterocycles. The smallest absolute Gasteiger partial charge is 0.380 e. The van der Waals surface area contributed by atoms with E-state index in [0.717, 1.165) is 12.8 Å². The number of ether oxygens (including phenoxy) is 4. The molecule has 0 bridgehead atoms. The molecule has 7 heteroatoms. The summed E-state index contributed by atoms with van der Waals surface area (Å²) in [6, 6.07) is 0. The largest absolute Gasteiger partial charge is 0.457 e. The van der Waals surface area contributed by atoms with Crippen LogP contribution in [-0.4, -0.2) is 49.7 Å². The van der Waals surface area contributed by atoms with Gasteiger partial charge in [0.25, 0.3) is 0 Å². The van der Waals surface area contributed by atoms with Crippen molar-refractivity contribution in [3.63, 3.8) is 0 Å². The van der Waals surface area contributed by atoms with Gasteiger partial charge in [-0.25, -0.2) is 4.79 Å². The van der Waals surface area contributed by atoms with Gasteiger partial charge < -0.3 is 18.9 Å². The van der Waals surface area contributed by atoms with Crippen molar-refractivity contribution in [1.29, 1.82) is 0 Å². The number of carbonyl (C=O) groups is 1. The molecule has 2 atom stereocenters. The topological polar surface area (TPSA) is 54.0 Å². The highest BCUT2D eigenvalue weighted by Crippen LogP contribution is 2.33. The van der Waals surface area contributed by atoms with Crippen LogP contribution in [0.2, 0.25) is 0 Å². The lowest BCUT2D eigenvalue weighted by molar-refractivity contribution is -0.220. The molecule has 1 fully saturated rings. The minimum absolute atomic E-state index is 0.0736. The summed E-state index contributed by atoms with van der Waals surface area (Å²) in [6.07, 6.45) is 0.844. The molecule has 0 radical (unpaired) electrons. The Kier molecular flexibility index (Phi) is 7.57. The first kappa shape index (κ1) is 20.0. The Labute approximate surface area is 135 Å². The molecule has 1 aliphatic rings.